The standard InChI is InChI=1S/C9H10O3/c1-6-2-7(4-10)9(12)8(3-6)5-11/h2-4,11-12H,5H2,1H3. The molecule has 3 heteroatoms. The van der Waals surface area contributed by atoms with E-state index in [2.05, 4.69) is 0 Å². The first-order valence-corrected chi connectivity index (χ1v) is 3.57. The summed E-state index contributed by atoms with van der Waals surface area (Å²) in [5.74, 6) is -0.127. The first kappa shape index (κ1) is 8.74. The van der Waals surface area contributed by atoms with Gasteiger partial charge in [0.05, 0.1) is 12.2 Å². The highest BCUT2D eigenvalue weighted by atomic mass is 16.3. The number of hydrogen-bond donors (Lipinski definition) is 2. The normalized spacial score (nSPS) is 9.83. The highest BCUT2D eigenvalue weighted by Gasteiger charge is 2.06. The van der Waals surface area contributed by atoms with Gasteiger partial charge in [-0.1, -0.05) is 6.07 Å². The van der Waals surface area contributed by atoms with Crippen LogP contribution in [0.3, 0.4) is 0 Å². The Morgan fingerprint density at radius 1 is 1.50 bits per heavy atom. The molecule has 1 aromatic rings. The summed E-state index contributed by atoms with van der Waals surface area (Å²) < 4.78 is 0. The summed E-state index contributed by atoms with van der Waals surface area (Å²) in [6, 6.07) is 3.21. The number of rotatable bonds is 2. The van der Waals surface area contributed by atoms with E-state index in [4.69, 9.17) is 5.11 Å². The second-order valence-corrected chi connectivity index (χ2v) is 2.64. The summed E-state index contributed by atoms with van der Waals surface area (Å²) in [6.07, 6.45) is 0.571. The minimum Gasteiger partial charge on any atom is -0.507 e. The van der Waals surface area contributed by atoms with Gasteiger partial charge >= 0.3 is 0 Å². The van der Waals surface area contributed by atoms with Gasteiger partial charge in [0.2, 0.25) is 0 Å². The van der Waals surface area contributed by atoms with Crippen LogP contribution < -0.4 is 0 Å². The van der Waals surface area contributed by atoms with Crippen LogP contribution in [0.2, 0.25) is 0 Å². The van der Waals surface area contributed by atoms with E-state index in [9.17, 15) is 9.90 Å². The lowest BCUT2D eigenvalue weighted by Crippen LogP contribution is -1.91. The molecule has 0 aliphatic carbocycles. The van der Waals surface area contributed by atoms with Gasteiger partial charge in [-0.15, -0.1) is 0 Å². The molecule has 0 saturated heterocycles. The molecule has 1 rings (SSSR count). The first-order chi connectivity index (χ1) is 5.69. The van der Waals surface area contributed by atoms with Gasteiger partial charge < -0.3 is 10.2 Å². The smallest absolute Gasteiger partial charge is 0.153 e. The van der Waals surface area contributed by atoms with E-state index in [0.717, 1.165) is 5.56 Å². The van der Waals surface area contributed by atoms with E-state index >= 15 is 0 Å². The Balaban J connectivity index is 3.31. The fourth-order valence-electron chi connectivity index (χ4n) is 1.09. The molecule has 1 aromatic carbocycles. The molecular formula is C9H10O3. The van der Waals surface area contributed by atoms with Crippen LogP contribution in [0, 0.1) is 6.92 Å². The fraction of sp³-hybridized carbons (Fsp3) is 0.222. The molecule has 12 heavy (non-hydrogen) atoms. The molecule has 64 valence electrons. The van der Waals surface area contributed by atoms with Gasteiger partial charge in [-0.25, -0.2) is 0 Å². The number of aromatic hydroxyl groups is 1. The van der Waals surface area contributed by atoms with Crippen LogP contribution >= 0.6 is 0 Å². The third-order valence-corrected chi connectivity index (χ3v) is 1.66. The second-order valence-electron chi connectivity index (χ2n) is 2.64. The number of carbonyl (C=O) groups excluding carboxylic acids is 1. The van der Waals surface area contributed by atoms with E-state index in [1.54, 1.807) is 19.1 Å². The van der Waals surface area contributed by atoms with Crippen LogP contribution in [0.5, 0.6) is 5.75 Å². The number of carbonyl (C=O) groups is 1. The van der Waals surface area contributed by atoms with Crippen molar-refractivity contribution in [2.45, 2.75) is 13.5 Å². The Labute approximate surface area is 70.3 Å². The lowest BCUT2D eigenvalue weighted by Gasteiger charge is -2.04. The second kappa shape index (κ2) is 3.36. The van der Waals surface area contributed by atoms with Crippen molar-refractivity contribution < 1.29 is 15.0 Å². The van der Waals surface area contributed by atoms with Gasteiger partial charge in [-0.05, 0) is 18.6 Å². The zero-order valence-electron chi connectivity index (χ0n) is 6.74. The summed E-state index contributed by atoms with van der Waals surface area (Å²) in [4.78, 5) is 10.4. The maximum Gasteiger partial charge on any atom is 0.153 e. The molecule has 0 spiro atoms. The van der Waals surface area contributed by atoms with E-state index in [1.807, 2.05) is 0 Å². The van der Waals surface area contributed by atoms with Crippen LogP contribution in [0.1, 0.15) is 21.5 Å². The zero-order valence-corrected chi connectivity index (χ0v) is 6.74. The summed E-state index contributed by atoms with van der Waals surface area (Å²) in [5.41, 5.74) is 1.45. The maximum atomic E-state index is 10.4. The SMILES string of the molecule is Cc1cc(C=O)c(O)c(CO)c1. The molecule has 0 aliphatic heterocycles. The molecule has 2 N–H and O–H groups in total. The van der Waals surface area contributed by atoms with Crippen LogP contribution in [0.15, 0.2) is 12.1 Å². The predicted octanol–water partition coefficient (Wildman–Crippen LogP) is 1.01. The molecule has 0 bridgehead atoms. The summed E-state index contributed by atoms with van der Waals surface area (Å²) >= 11 is 0. The highest BCUT2D eigenvalue weighted by Crippen LogP contribution is 2.22. The molecule has 0 aromatic heterocycles. The number of aryl methyl sites for hydroxylation is 1. The molecule has 0 atom stereocenters. The molecule has 0 aliphatic rings. The van der Waals surface area contributed by atoms with Crippen LogP contribution in [-0.2, 0) is 6.61 Å². The average molecular weight is 166 g/mol. The number of benzene rings is 1. The first-order valence-electron chi connectivity index (χ1n) is 3.57. The number of aldehydes is 1. The van der Waals surface area contributed by atoms with Gasteiger partial charge in [-0.3, -0.25) is 4.79 Å². The lowest BCUT2D eigenvalue weighted by atomic mass is 10.1. The Hall–Kier alpha value is -1.35. The van der Waals surface area contributed by atoms with Crippen molar-refractivity contribution in [3.8, 4) is 5.75 Å². The largest absolute Gasteiger partial charge is 0.507 e. The minimum absolute atomic E-state index is 0.127. The minimum atomic E-state index is -0.256. The monoisotopic (exact) mass is 166 g/mol. The van der Waals surface area contributed by atoms with E-state index in [0.29, 0.717) is 11.8 Å². The zero-order chi connectivity index (χ0) is 9.14. The fourth-order valence-corrected chi connectivity index (χ4v) is 1.09. The third-order valence-electron chi connectivity index (χ3n) is 1.66. The number of hydrogen-bond acceptors (Lipinski definition) is 3. The van der Waals surface area contributed by atoms with Crippen molar-refractivity contribution >= 4 is 6.29 Å². The molecule has 0 saturated carbocycles. The van der Waals surface area contributed by atoms with Crippen molar-refractivity contribution in [2.75, 3.05) is 0 Å². The quantitative estimate of drug-likeness (QED) is 0.644. The van der Waals surface area contributed by atoms with Crippen LogP contribution in [0.25, 0.3) is 0 Å². The number of aliphatic hydroxyl groups excluding tert-OH is 1. The Bertz CT molecular complexity index is 305. The van der Waals surface area contributed by atoms with Crippen molar-refractivity contribution in [2.24, 2.45) is 0 Å². The van der Waals surface area contributed by atoms with Crippen LogP contribution in [0.4, 0.5) is 0 Å². The molecule has 0 heterocycles. The van der Waals surface area contributed by atoms with Gasteiger partial charge in [0.15, 0.2) is 6.29 Å². The van der Waals surface area contributed by atoms with E-state index < -0.39 is 0 Å². The van der Waals surface area contributed by atoms with Crippen molar-refractivity contribution in [1.82, 2.24) is 0 Å². The average Bonchev–Trinajstić information content (AvgIpc) is 2.08. The predicted molar refractivity (Wildman–Crippen MR) is 44.2 cm³/mol. The molecule has 0 amide bonds. The van der Waals surface area contributed by atoms with Gasteiger partial charge in [-0.2, -0.15) is 0 Å². The lowest BCUT2D eigenvalue weighted by molar-refractivity contribution is 0.112. The summed E-state index contributed by atoms with van der Waals surface area (Å²) in [7, 11) is 0. The van der Waals surface area contributed by atoms with Crippen molar-refractivity contribution in [3.63, 3.8) is 0 Å². The van der Waals surface area contributed by atoms with Crippen molar-refractivity contribution in [1.29, 1.82) is 0 Å². The number of phenols is 1. The molecule has 0 fully saturated rings. The Morgan fingerprint density at radius 2 is 2.17 bits per heavy atom. The molecule has 3 nitrogen and oxygen atoms in total. The van der Waals surface area contributed by atoms with E-state index in [1.165, 1.54) is 0 Å². The highest BCUT2D eigenvalue weighted by molar-refractivity contribution is 5.80. The number of aliphatic hydroxyl groups is 1. The van der Waals surface area contributed by atoms with Crippen LogP contribution in [-0.4, -0.2) is 16.5 Å². The molecule has 0 radical (unpaired) electrons. The topological polar surface area (TPSA) is 57.5 Å². The summed E-state index contributed by atoms with van der Waals surface area (Å²) in [5, 5.41) is 18.1. The Kier molecular flexibility index (Phi) is 2.45. The maximum absolute atomic E-state index is 10.4. The van der Waals surface area contributed by atoms with Gasteiger partial charge in [0, 0.05) is 5.56 Å². The van der Waals surface area contributed by atoms with Crippen molar-refractivity contribution in [3.05, 3.63) is 28.8 Å². The molecule has 0 unspecified atom stereocenters. The van der Waals surface area contributed by atoms with Gasteiger partial charge in [0.1, 0.15) is 5.75 Å². The van der Waals surface area contributed by atoms with E-state index in [-0.39, 0.29) is 17.9 Å². The van der Waals surface area contributed by atoms with Gasteiger partial charge in [0.25, 0.3) is 0 Å². The molecular weight excluding hydrogens is 156 g/mol. The Morgan fingerprint density at radius 3 is 2.67 bits per heavy atom. The summed E-state index contributed by atoms with van der Waals surface area (Å²) in [6.45, 7) is 1.54. The third kappa shape index (κ3) is 1.46.